The van der Waals surface area contributed by atoms with E-state index in [-0.39, 0.29) is 11.8 Å². The molecular formula is C16H15NO2. The van der Waals surface area contributed by atoms with Crippen LogP contribution in [0.1, 0.15) is 11.1 Å². The maximum absolute atomic E-state index is 9.79. The summed E-state index contributed by atoms with van der Waals surface area (Å²) >= 11 is 0. The molecule has 0 bridgehead atoms. The van der Waals surface area contributed by atoms with E-state index < -0.39 is 0 Å². The van der Waals surface area contributed by atoms with E-state index in [0.29, 0.717) is 18.1 Å². The molecule has 3 rings (SSSR count). The number of hydrogen-bond donors (Lipinski definition) is 1. The van der Waals surface area contributed by atoms with E-state index in [9.17, 15) is 5.11 Å². The van der Waals surface area contributed by atoms with Gasteiger partial charge in [0.25, 0.3) is 0 Å². The molecule has 3 nitrogen and oxygen atoms in total. The largest absolute Gasteiger partial charge is 0.507 e. The average Bonchev–Trinajstić information content (AvgIpc) is 2.89. The van der Waals surface area contributed by atoms with Gasteiger partial charge in [0, 0.05) is 0 Å². The second kappa shape index (κ2) is 5.14. The molecule has 1 aliphatic heterocycles. The Kier molecular flexibility index (Phi) is 3.19. The van der Waals surface area contributed by atoms with Gasteiger partial charge in [-0.05, 0) is 24.1 Å². The van der Waals surface area contributed by atoms with Crippen molar-refractivity contribution in [2.45, 2.75) is 12.5 Å². The Labute approximate surface area is 112 Å². The Morgan fingerprint density at radius 2 is 1.79 bits per heavy atom. The van der Waals surface area contributed by atoms with Crippen molar-refractivity contribution in [2.24, 2.45) is 4.99 Å². The highest BCUT2D eigenvalue weighted by Crippen LogP contribution is 2.22. The lowest BCUT2D eigenvalue weighted by molar-refractivity contribution is 0.316. The molecule has 1 aliphatic rings. The van der Waals surface area contributed by atoms with Crippen LogP contribution in [0, 0.1) is 0 Å². The lowest BCUT2D eigenvalue weighted by Crippen LogP contribution is -2.09. The standard InChI is InChI=1S/C16H15NO2/c18-15-9-5-4-8-14(15)16-17-13(11-19-16)10-12-6-2-1-3-7-12/h1-9,13,18H,10-11H2/t13-/m1/s1. The van der Waals surface area contributed by atoms with E-state index >= 15 is 0 Å². The second-order valence-corrected chi connectivity index (χ2v) is 4.61. The molecule has 2 aromatic rings. The van der Waals surface area contributed by atoms with Crippen molar-refractivity contribution < 1.29 is 9.84 Å². The molecule has 2 aromatic carbocycles. The summed E-state index contributed by atoms with van der Waals surface area (Å²) in [6.45, 7) is 0.568. The predicted molar refractivity (Wildman–Crippen MR) is 74.5 cm³/mol. The van der Waals surface area contributed by atoms with Crippen LogP contribution in [0.3, 0.4) is 0 Å². The van der Waals surface area contributed by atoms with Crippen LogP contribution in [0.15, 0.2) is 59.6 Å². The number of phenolic OH excluding ortho intramolecular Hbond substituents is 1. The molecule has 19 heavy (non-hydrogen) atoms. The summed E-state index contributed by atoms with van der Waals surface area (Å²) in [5, 5.41) is 9.79. The number of nitrogens with zero attached hydrogens (tertiary/aromatic N) is 1. The third-order valence-corrected chi connectivity index (χ3v) is 3.16. The summed E-state index contributed by atoms with van der Waals surface area (Å²) in [4.78, 5) is 4.55. The summed E-state index contributed by atoms with van der Waals surface area (Å²) in [7, 11) is 0. The fourth-order valence-electron chi connectivity index (χ4n) is 2.21. The smallest absolute Gasteiger partial charge is 0.220 e. The summed E-state index contributed by atoms with van der Waals surface area (Å²) in [6, 6.07) is 17.5. The third-order valence-electron chi connectivity index (χ3n) is 3.16. The zero-order valence-electron chi connectivity index (χ0n) is 10.5. The van der Waals surface area contributed by atoms with Crippen LogP contribution in [0.5, 0.6) is 5.75 Å². The molecule has 1 heterocycles. The Morgan fingerprint density at radius 1 is 1.05 bits per heavy atom. The number of rotatable bonds is 3. The minimum Gasteiger partial charge on any atom is -0.507 e. The van der Waals surface area contributed by atoms with E-state index in [1.54, 1.807) is 12.1 Å². The SMILES string of the molecule is Oc1ccccc1C1=N[C@H](Cc2ccccc2)CO1. The fraction of sp³-hybridized carbons (Fsp3) is 0.188. The molecule has 0 radical (unpaired) electrons. The number of aromatic hydroxyl groups is 1. The number of aliphatic imine (C=N–C) groups is 1. The van der Waals surface area contributed by atoms with Gasteiger partial charge in [-0.1, -0.05) is 42.5 Å². The topological polar surface area (TPSA) is 41.8 Å². The number of ether oxygens (including phenoxy) is 1. The summed E-state index contributed by atoms with van der Waals surface area (Å²) in [5.74, 6) is 0.751. The predicted octanol–water partition coefficient (Wildman–Crippen LogP) is 2.78. The van der Waals surface area contributed by atoms with Gasteiger partial charge < -0.3 is 9.84 Å². The van der Waals surface area contributed by atoms with Gasteiger partial charge in [-0.3, -0.25) is 0 Å². The number of hydrogen-bond acceptors (Lipinski definition) is 3. The van der Waals surface area contributed by atoms with Crippen molar-refractivity contribution in [3.63, 3.8) is 0 Å². The maximum Gasteiger partial charge on any atom is 0.220 e. The first-order chi connectivity index (χ1) is 9.33. The Morgan fingerprint density at radius 3 is 2.58 bits per heavy atom. The van der Waals surface area contributed by atoms with Crippen molar-refractivity contribution in [1.29, 1.82) is 0 Å². The van der Waals surface area contributed by atoms with Crippen LogP contribution >= 0.6 is 0 Å². The zero-order valence-corrected chi connectivity index (χ0v) is 10.5. The lowest BCUT2D eigenvalue weighted by atomic mass is 10.1. The summed E-state index contributed by atoms with van der Waals surface area (Å²) < 4.78 is 5.59. The minimum atomic E-state index is 0.122. The van der Waals surface area contributed by atoms with Crippen molar-refractivity contribution in [3.05, 3.63) is 65.7 Å². The molecule has 0 saturated heterocycles. The highest BCUT2D eigenvalue weighted by Gasteiger charge is 2.21. The van der Waals surface area contributed by atoms with E-state index in [2.05, 4.69) is 17.1 Å². The second-order valence-electron chi connectivity index (χ2n) is 4.61. The molecule has 0 amide bonds. The monoisotopic (exact) mass is 253 g/mol. The molecule has 0 fully saturated rings. The van der Waals surface area contributed by atoms with Crippen LogP contribution in [0.25, 0.3) is 0 Å². The van der Waals surface area contributed by atoms with Crippen molar-refractivity contribution in [2.75, 3.05) is 6.61 Å². The lowest BCUT2D eigenvalue weighted by Gasteiger charge is -2.04. The van der Waals surface area contributed by atoms with Gasteiger partial charge >= 0.3 is 0 Å². The molecule has 96 valence electrons. The van der Waals surface area contributed by atoms with Crippen molar-refractivity contribution in [3.8, 4) is 5.75 Å². The molecule has 0 aromatic heterocycles. The van der Waals surface area contributed by atoms with Gasteiger partial charge in [0.05, 0.1) is 11.6 Å². The highest BCUT2D eigenvalue weighted by molar-refractivity contribution is 5.97. The van der Waals surface area contributed by atoms with Gasteiger partial charge in [-0.2, -0.15) is 0 Å². The Bertz CT molecular complexity index is 593. The van der Waals surface area contributed by atoms with Crippen molar-refractivity contribution >= 4 is 5.90 Å². The summed E-state index contributed by atoms with van der Waals surface area (Å²) in [5.41, 5.74) is 1.91. The van der Waals surface area contributed by atoms with Gasteiger partial charge in [0.1, 0.15) is 12.4 Å². The average molecular weight is 253 g/mol. The first kappa shape index (κ1) is 11.8. The first-order valence-corrected chi connectivity index (χ1v) is 6.36. The molecule has 0 aliphatic carbocycles. The quantitative estimate of drug-likeness (QED) is 0.913. The fourth-order valence-corrected chi connectivity index (χ4v) is 2.21. The maximum atomic E-state index is 9.79. The molecule has 0 spiro atoms. The van der Waals surface area contributed by atoms with Crippen LogP contribution in [-0.4, -0.2) is 23.7 Å². The van der Waals surface area contributed by atoms with Crippen LogP contribution in [0.2, 0.25) is 0 Å². The van der Waals surface area contributed by atoms with Crippen molar-refractivity contribution in [1.82, 2.24) is 0 Å². The molecule has 0 unspecified atom stereocenters. The molecule has 1 N–H and O–H groups in total. The van der Waals surface area contributed by atoms with Gasteiger partial charge in [-0.25, -0.2) is 4.99 Å². The van der Waals surface area contributed by atoms with E-state index in [1.807, 2.05) is 30.3 Å². The first-order valence-electron chi connectivity index (χ1n) is 6.36. The molecule has 3 heteroatoms. The Balaban J connectivity index is 1.77. The van der Waals surface area contributed by atoms with Crippen LogP contribution < -0.4 is 0 Å². The Hall–Kier alpha value is -2.29. The van der Waals surface area contributed by atoms with Gasteiger partial charge in [0.2, 0.25) is 5.90 Å². The van der Waals surface area contributed by atoms with Gasteiger partial charge in [0.15, 0.2) is 0 Å². The van der Waals surface area contributed by atoms with Crippen LogP contribution in [0.4, 0.5) is 0 Å². The van der Waals surface area contributed by atoms with E-state index in [4.69, 9.17) is 4.74 Å². The third kappa shape index (κ3) is 2.60. The molecular weight excluding hydrogens is 238 g/mol. The van der Waals surface area contributed by atoms with E-state index in [0.717, 1.165) is 6.42 Å². The number of para-hydroxylation sites is 1. The normalized spacial score (nSPS) is 17.9. The van der Waals surface area contributed by atoms with E-state index in [1.165, 1.54) is 5.56 Å². The molecule has 1 atom stereocenters. The number of benzene rings is 2. The highest BCUT2D eigenvalue weighted by atomic mass is 16.5. The zero-order chi connectivity index (χ0) is 13.1. The van der Waals surface area contributed by atoms with Gasteiger partial charge in [-0.15, -0.1) is 0 Å². The minimum absolute atomic E-state index is 0.122. The molecule has 0 saturated carbocycles. The van der Waals surface area contributed by atoms with Crippen LogP contribution in [-0.2, 0) is 11.2 Å². The number of phenols is 1. The summed E-state index contributed by atoms with van der Waals surface area (Å²) in [6.07, 6.45) is 0.859.